The largest absolute Gasteiger partial charge is 0.462 e. The minimum Gasteiger partial charge on any atom is -0.462 e. The van der Waals surface area contributed by atoms with Gasteiger partial charge in [-0.1, -0.05) is 102 Å². The Hall–Kier alpha value is -3.00. The number of carbonyl (C=O) groups excluding carboxylic acids is 4. The molecule has 12 nitrogen and oxygen atoms in total. The molecule has 0 saturated carbocycles. The minimum absolute atomic E-state index is 0.0425. The third-order valence-corrected chi connectivity index (χ3v) is 11.2. The Kier molecular flexibility index (Phi) is 23.5. The fourth-order valence-corrected chi connectivity index (χ4v) is 7.76. The van der Waals surface area contributed by atoms with Crippen molar-refractivity contribution in [1.82, 2.24) is 0 Å². The van der Waals surface area contributed by atoms with Gasteiger partial charge in [-0.15, -0.1) is 0 Å². The van der Waals surface area contributed by atoms with E-state index >= 15 is 0 Å². The summed E-state index contributed by atoms with van der Waals surface area (Å²) in [4.78, 5) is 50.0. The molecule has 12 heteroatoms. The summed E-state index contributed by atoms with van der Waals surface area (Å²) in [7, 11) is 0. The summed E-state index contributed by atoms with van der Waals surface area (Å²) in [5.74, 6) is 0.157. The molecule has 0 spiro atoms. The second kappa shape index (κ2) is 27.6. The van der Waals surface area contributed by atoms with Gasteiger partial charge in [-0.3, -0.25) is 19.2 Å². The summed E-state index contributed by atoms with van der Waals surface area (Å²) in [5, 5.41) is 40.1. The van der Waals surface area contributed by atoms with Crippen LogP contribution >= 0.6 is 0 Å². The Bertz CT molecular complexity index is 1320. The number of rotatable bonds is 29. The quantitative estimate of drug-likeness (QED) is 0.0383. The molecule has 1 heterocycles. The number of aliphatic hydroxyl groups is 4. The monoisotopic (exact) mass is 802 g/mol. The molecule has 0 aromatic rings. The van der Waals surface area contributed by atoms with Crippen LogP contribution < -0.4 is 0 Å². The highest BCUT2D eigenvalue weighted by atomic mass is 16.7. The zero-order valence-electron chi connectivity index (χ0n) is 34.3. The third-order valence-electron chi connectivity index (χ3n) is 11.2. The van der Waals surface area contributed by atoms with E-state index in [1.54, 1.807) is 12.2 Å². The first kappa shape index (κ1) is 48.4. The van der Waals surface area contributed by atoms with Crippen molar-refractivity contribution in [2.75, 3.05) is 19.8 Å². The first-order chi connectivity index (χ1) is 27.6. The van der Waals surface area contributed by atoms with Crippen LogP contribution in [0.5, 0.6) is 0 Å². The molecule has 0 radical (unpaired) electrons. The van der Waals surface area contributed by atoms with E-state index in [9.17, 15) is 39.6 Å². The number of hydrogen-bond acceptors (Lipinski definition) is 12. The second-order valence-electron chi connectivity index (χ2n) is 15.7. The lowest BCUT2D eigenvalue weighted by Crippen LogP contribution is -2.59. The molecule has 0 unspecified atom stereocenters. The Morgan fingerprint density at radius 3 is 1.72 bits per heavy atom. The van der Waals surface area contributed by atoms with E-state index < -0.39 is 55.4 Å². The normalized spacial score (nSPS) is 27.9. The molecule has 10 atom stereocenters. The summed E-state index contributed by atoms with van der Waals surface area (Å²) in [6.45, 7) is 2.93. The third kappa shape index (κ3) is 17.4. The highest BCUT2D eigenvalue weighted by molar-refractivity contribution is 5.95. The highest BCUT2D eigenvalue weighted by Gasteiger charge is 2.44. The molecule has 2 aliphatic carbocycles. The van der Waals surface area contributed by atoms with E-state index in [4.69, 9.17) is 18.9 Å². The molecule has 1 aliphatic heterocycles. The summed E-state index contributed by atoms with van der Waals surface area (Å²) in [6, 6.07) is 0. The van der Waals surface area contributed by atoms with Crippen LogP contribution in [0.1, 0.15) is 129 Å². The molecule has 3 aliphatic rings. The van der Waals surface area contributed by atoms with Crippen molar-refractivity contribution in [2.24, 2.45) is 23.7 Å². The fraction of sp³-hybridized carbons (Fsp3) is 0.733. The number of ether oxygens (including phenoxy) is 4. The minimum atomic E-state index is -1.63. The first-order valence-electron chi connectivity index (χ1n) is 21.6. The molecule has 1 saturated heterocycles. The SMILES string of the molecule is CCC=CC[C@H]1C(=O)C=C[C@H]1CCCCCCCC(=O)OC[C@H](CO[C@@H]1O[C@H](CO)[C@H](O)[C@H](O)[C@H]1O)OC(=O)CCCCCCC[C@@H]1C=CC(=O)[C@@H]1CC=CCC. The molecule has 0 aromatic heterocycles. The predicted molar refractivity (Wildman–Crippen MR) is 216 cm³/mol. The van der Waals surface area contributed by atoms with E-state index in [2.05, 4.69) is 38.2 Å². The van der Waals surface area contributed by atoms with Crippen LogP contribution in [0.25, 0.3) is 0 Å². The molecular formula is C45H70O12. The van der Waals surface area contributed by atoms with Gasteiger partial charge in [0.1, 0.15) is 31.0 Å². The van der Waals surface area contributed by atoms with Crippen molar-refractivity contribution in [3.8, 4) is 0 Å². The van der Waals surface area contributed by atoms with Crippen LogP contribution in [0.4, 0.5) is 0 Å². The second-order valence-corrected chi connectivity index (χ2v) is 15.7. The predicted octanol–water partition coefficient (Wildman–Crippen LogP) is 6.17. The lowest BCUT2D eigenvalue weighted by atomic mass is 9.87. The molecule has 4 N–H and O–H groups in total. The van der Waals surface area contributed by atoms with Gasteiger partial charge >= 0.3 is 11.9 Å². The van der Waals surface area contributed by atoms with Gasteiger partial charge in [0.15, 0.2) is 24.0 Å². The lowest BCUT2D eigenvalue weighted by molar-refractivity contribution is -0.305. The maximum Gasteiger partial charge on any atom is 0.306 e. The van der Waals surface area contributed by atoms with Gasteiger partial charge in [-0.25, -0.2) is 0 Å². The van der Waals surface area contributed by atoms with E-state index in [1.807, 2.05) is 12.2 Å². The van der Waals surface area contributed by atoms with E-state index in [0.29, 0.717) is 12.8 Å². The van der Waals surface area contributed by atoms with Crippen molar-refractivity contribution >= 4 is 23.5 Å². The van der Waals surface area contributed by atoms with Crippen molar-refractivity contribution in [3.63, 3.8) is 0 Å². The van der Waals surface area contributed by atoms with E-state index in [1.165, 1.54) is 0 Å². The standard InChI is InChI=1S/C45H70O12/c1-3-5-13-21-35-32(25-27-37(35)47)19-15-9-7-11-17-23-40(49)54-30-34(31-55-45-44(53)43(52)42(51)39(29-46)57-45)56-41(50)24-18-12-8-10-16-20-33-26-28-38(48)36(33)22-14-6-4-2/h5-6,13-14,25-28,32-36,39,42-46,51-53H,3-4,7-12,15-24,29-31H2,1-2H3/t32-,33-,34-,35-,36-,39-,42+,43+,44-,45-/m1/s1. The Labute approximate surface area is 339 Å². The highest BCUT2D eigenvalue weighted by Crippen LogP contribution is 2.32. The van der Waals surface area contributed by atoms with Gasteiger partial charge in [0.25, 0.3) is 0 Å². The fourth-order valence-electron chi connectivity index (χ4n) is 7.76. The zero-order valence-corrected chi connectivity index (χ0v) is 34.3. The van der Waals surface area contributed by atoms with E-state index in [0.717, 1.165) is 89.9 Å². The van der Waals surface area contributed by atoms with Crippen LogP contribution in [-0.2, 0) is 38.1 Å². The molecule has 1 fully saturated rings. The van der Waals surface area contributed by atoms with Crippen molar-refractivity contribution in [2.45, 2.75) is 166 Å². The molecule has 0 bridgehead atoms. The number of ketones is 2. The van der Waals surface area contributed by atoms with Gasteiger partial charge in [0, 0.05) is 24.7 Å². The first-order valence-corrected chi connectivity index (χ1v) is 21.6. The van der Waals surface area contributed by atoms with Crippen LogP contribution in [0.2, 0.25) is 0 Å². The molecule has 3 rings (SSSR count). The zero-order chi connectivity index (χ0) is 41.4. The lowest BCUT2D eigenvalue weighted by Gasteiger charge is -2.39. The van der Waals surface area contributed by atoms with Crippen molar-refractivity contribution < 1.29 is 58.6 Å². The van der Waals surface area contributed by atoms with Crippen LogP contribution in [0.3, 0.4) is 0 Å². The number of unbranched alkanes of at least 4 members (excludes halogenated alkanes) is 8. The number of hydrogen-bond donors (Lipinski definition) is 4. The smallest absolute Gasteiger partial charge is 0.306 e. The topological polar surface area (TPSA) is 186 Å². The molecule has 57 heavy (non-hydrogen) atoms. The summed E-state index contributed by atoms with van der Waals surface area (Å²) in [5.41, 5.74) is 0. The van der Waals surface area contributed by atoms with Crippen molar-refractivity contribution in [1.29, 1.82) is 0 Å². The maximum atomic E-state index is 12.8. The Balaban J connectivity index is 1.36. The molecule has 0 aromatic carbocycles. The maximum absolute atomic E-state index is 12.8. The number of allylic oxidation sites excluding steroid dienone is 8. The molecular weight excluding hydrogens is 732 g/mol. The number of aliphatic hydroxyl groups excluding tert-OH is 4. The van der Waals surface area contributed by atoms with Crippen molar-refractivity contribution in [3.05, 3.63) is 48.6 Å². The van der Waals surface area contributed by atoms with E-state index in [-0.39, 0.29) is 61.3 Å². The molecule has 322 valence electrons. The van der Waals surface area contributed by atoms with Gasteiger partial charge in [-0.2, -0.15) is 0 Å². The Morgan fingerprint density at radius 2 is 1.19 bits per heavy atom. The average Bonchev–Trinajstić information content (AvgIpc) is 3.74. The number of esters is 2. The van der Waals surface area contributed by atoms with Crippen LogP contribution in [0, 0.1) is 23.7 Å². The molecule has 0 amide bonds. The van der Waals surface area contributed by atoms with Crippen LogP contribution in [-0.4, -0.2) is 101 Å². The van der Waals surface area contributed by atoms with Gasteiger partial charge in [0.05, 0.1) is 13.2 Å². The Morgan fingerprint density at radius 1 is 0.684 bits per heavy atom. The van der Waals surface area contributed by atoms with Gasteiger partial charge in [0.2, 0.25) is 0 Å². The summed E-state index contributed by atoms with van der Waals surface area (Å²) in [6.07, 6.45) is 22.2. The van der Waals surface area contributed by atoms with Gasteiger partial charge in [-0.05, 0) is 75.4 Å². The summed E-state index contributed by atoms with van der Waals surface area (Å²) >= 11 is 0. The van der Waals surface area contributed by atoms with Gasteiger partial charge < -0.3 is 39.4 Å². The summed E-state index contributed by atoms with van der Waals surface area (Å²) < 4.78 is 22.1. The van der Waals surface area contributed by atoms with Crippen LogP contribution in [0.15, 0.2) is 48.6 Å². The average molecular weight is 803 g/mol. The number of carbonyl (C=O) groups is 4.